The van der Waals surface area contributed by atoms with Gasteiger partial charge in [0.05, 0.1) is 37.1 Å². The van der Waals surface area contributed by atoms with Gasteiger partial charge in [0.1, 0.15) is 4.88 Å². The maximum Gasteiger partial charge on any atom is 0.356 e. The van der Waals surface area contributed by atoms with Crippen molar-refractivity contribution in [2.24, 2.45) is 0 Å². The third kappa shape index (κ3) is 7.31. The van der Waals surface area contributed by atoms with Crippen LogP contribution in [0.1, 0.15) is 36.9 Å². The maximum atomic E-state index is 12.3. The molecule has 6 rings (SSSR count). The average molecular weight is 612 g/mol. The van der Waals surface area contributed by atoms with E-state index in [1.807, 2.05) is 23.6 Å². The van der Waals surface area contributed by atoms with E-state index in [-0.39, 0.29) is 11.6 Å². The molecule has 11 heteroatoms. The average Bonchev–Trinajstić information content (AvgIpc) is 3.49. The zero-order chi connectivity index (χ0) is 31.1. The number of para-hydroxylation sites is 2. The van der Waals surface area contributed by atoms with Gasteiger partial charge < -0.3 is 25.6 Å². The Bertz CT molecular complexity index is 1770. The number of methoxy groups -OCH3 is 2. The summed E-state index contributed by atoms with van der Waals surface area (Å²) in [6.45, 7) is 2.91. The second kappa shape index (κ2) is 14.0. The van der Waals surface area contributed by atoms with Crippen molar-refractivity contribution in [3.63, 3.8) is 0 Å². The van der Waals surface area contributed by atoms with E-state index in [1.54, 1.807) is 38.5 Å². The first-order chi connectivity index (χ1) is 21.3. The Morgan fingerprint density at radius 3 is 2.36 bits per heavy atom. The molecule has 1 aliphatic rings. The number of ether oxygens (including phenoxy) is 2. The number of amides is 1. The summed E-state index contributed by atoms with van der Waals surface area (Å²) in [5.41, 5.74) is 12.3. The van der Waals surface area contributed by atoms with E-state index in [0.717, 1.165) is 49.7 Å². The van der Waals surface area contributed by atoms with Crippen LogP contribution in [0.15, 0.2) is 78.3 Å². The molecule has 3 heterocycles. The number of nitrogens with one attached hydrogen (secondary N) is 1. The molecule has 226 valence electrons. The summed E-state index contributed by atoms with van der Waals surface area (Å²) in [4.78, 5) is 33.7. The lowest BCUT2D eigenvalue weighted by Gasteiger charge is -2.29. The van der Waals surface area contributed by atoms with Crippen LogP contribution in [-0.4, -0.2) is 59.2 Å². The van der Waals surface area contributed by atoms with Crippen LogP contribution in [0, 0.1) is 0 Å². The number of carbonyl (C=O) groups is 2. The predicted molar refractivity (Wildman–Crippen MR) is 172 cm³/mol. The van der Waals surface area contributed by atoms with Crippen LogP contribution in [0.4, 0.5) is 11.4 Å². The van der Waals surface area contributed by atoms with Gasteiger partial charge in [0, 0.05) is 25.3 Å². The molecule has 1 aliphatic heterocycles. The predicted octanol–water partition coefficient (Wildman–Crippen LogP) is 5.53. The van der Waals surface area contributed by atoms with Crippen molar-refractivity contribution in [3.05, 3.63) is 106 Å². The topological polar surface area (TPSA) is 140 Å². The van der Waals surface area contributed by atoms with Gasteiger partial charge in [0.15, 0.2) is 17.2 Å². The number of benzene rings is 3. The molecule has 4 N–H and O–H groups in total. The number of hydrogen-bond acceptors (Lipinski definition) is 9. The van der Waals surface area contributed by atoms with E-state index in [1.165, 1.54) is 34.2 Å². The molecule has 0 saturated carbocycles. The van der Waals surface area contributed by atoms with Gasteiger partial charge in [-0.3, -0.25) is 14.7 Å². The quantitative estimate of drug-likeness (QED) is 0.207. The van der Waals surface area contributed by atoms with Gasteiger partial charge >= 0.3 is 5.97 Å². The Morgan fingerprint density at radius 2 is 1.70 bits per heavy atom. The molecule has 0 spiro atoms. The molecular weight excluding hydrogens is 578 g/mol. The minimum atomic E-state index is -1.06. The number of rotatable bonds is 8. The summed E-state index contributed by atoms with van der Waals surface area (Å²) in [6, 6.07) is 21.1. The summed E-state index contributed by atoms with van der Waals surface area (Å²) >= 11 is 1.35. The Hall–Kier alpha value is -5.00. The molecule has 5 aromatic rings. The van der Waals surface area contributed by atoms with Crippen LogP contribution in [0.5, 0.6) is 11.5 Å². The fourth-order valence-electron chi connectivity index (χ4n) is 4.93. The smallest absolute Gasteiger partial charge is 0.356 e. The highest BCUT2D eigenvalue weighted by molar-refractivity contribution is 7.12. The van der Waals surface area contributed by atoms with Crippen molar-refractivity contribution in [1.82, 2.24) is 14.9 Å². The molecular formula is C33H33N5O5S. The molecule has 10 nitrogen and oxygen atoms in total. The minimum absolute atomic E-state index is 0.0290. The maximum absolute atomic E-state index is 12.3. The molecule has 2 aromatic heterocycles. The number of aromatic nitrogens is 2. The molecule has 0 aliphatic carbocycles. The second-order valence-electron chi connectivity index (χ2n) is 10.2. The monoisotopic (exact) mass is 611 g/mol. The number of nitrogens with two attached hydrogens (primary N) is 1. The SMILES string of the molecule is COc1cc2c(cc1OC)CN(CCc1ccc(NC(=O)c3sccc3N)cc1)CC2.O=C(O)c1cnc2ccccc2n1. The molecule has 1 amide bonds. The highest BCUT2D eigenvalue weighted by Crippen LogP contribution is 2.33. The Balaban J connectivity index is 0.000000245. The summed E-state index contributed by atoms with van der Waals surface area (Å²) in [6.07, 6.45) is 3.21. The Morgan fingerprint density at radius 1 is 1.00 bits per heavy atom. The molecule has 44 heavy (non-hydrogen) atoms. The number of carbonyl (C=O) groups excluding carboxylic acids is 1. The number of nitrogens with zero attached hydrogens (tertiary/aromatic N) is 3. The van der Waals surface area contributed by atoms with E-state index in [2.05, 4.69) is 44.5 Å². The van der Waals surface area contributed by atoms with Gasteiger partial charge in [-0.25, -0.2) is 9.78 Å². The standard InChI is InChI=1S/C24H27N3O3S.C9H6N2O2/c1-29-21-13-17-8-11-27(15-18(17)14-22(21)30-2)10-7-16-3-5-19(6-4-16)26-24(28)23-20(25)9-12-31-23;12-9(13)8-5-10-6-3-1-2-4-7(6)11-8/h3-6,9,12-14H,7-8,10-11,15,25H2,1-2H3,(H,26,28);1-5H,(H,12,13). The van der Waals surface area contributed by atoms with Crippen molar-refractivity contribution in [3.8, 4) is 11.5 Å². The highest BCUT2D eigenvalue weighted by Gasteiger charge is 2.19. The summed E-state index contributed by atoms with van der Waals surface area (Å²) < 4.78 is 10.9. The van der Waals surface area contributed by atoms with Crippen molar-refractivity contribution in [2.75, 3.05) is 38.4 Å². The van der Waals surface area contributed by atoms with E-state index >= 15 is 0 Å². The molecule has 0 radical (unpaired) electrons. The first-order valence-corrected chi connectivity index (χ1v) is 14.9. The van der Waals surface area contributed by atoms with Gasteiger partial charge in [-0.05, 0) is 77.4 Å². The zero-order valence-corrected chi connectivity index (χ0v) is 25.3. The van der Waals surface area contributed by atoms with E-state index in [9.17, 15) is 9.59 Å². The van der Waals surface area contributed by atoms with Gasteiger partial charge in [-0.2, -0.15) is 0 Å². The first-order valence-electron chi connectivity index (χ1n) is 14.0. The minimum Gasteiger partial charge on any atom is -0.493 e. The Kier molecular flexibility index (Phi) is 9.68. The summed E-state index contributed by atoms with van der Waals surface area (Å²) in [5.74, 6) is 0.353. The molecule has 0 atom stereocenters. The summed E-state index contributed by atoms with van der Waals surface area (Å²) in [7, 11) is 3.35. The number of nitrogen functional groups attached to an aromatic ring is 1. The van der Waals surface area contributed by atoms with Crippen LogP contribution in [0.3, 0.4) is 0 Å². The number of thiophene rings is 1. The Labute approximate surface area is 259 Å². The molecule has 3 aromatic carbocycles. The highest BCUT2D eigenvalue weighted by atomic mass is 32.1. The molecule has 0 saturated heterocycles. The largest absolute Gasteiger partial charge is 0.493 e. The van der Waals surface area contributed by atoms with Gasteiger partial charge in [-0.15, -0.1) is 11.3 Å². The lowest BCUT2D eigenvalue weighted by atomic mass is 9.98. The van der Waals surface area contributed by atoms with E-state index in [4.69, 9.17) is 20.3 Å². The molecule has 0 bridgehead atoms. The zero-order valence-electron chi connectivity index (χ0n) is 24.4. The molecule has 0 fully saturated rings. The van der Waals surface area contributed by atoms with Crippen molar-refractivity contribution in [2.45, 2.75) is 19.4 Å². The number of aromatic carboxylic acids is 1. The van der Waals surface area contributed by atoms with Crippen molar-refractivity contribution in [1.29, 1.82) is 0 Å². The van der Waals surface area contributed by atoms with Crippen LogP contribution in [-0.2, 0) is 19.4 Å². The van der Waals surface area contributed by atoms with Crippen LogP contribution >= 0.6 is 11.3 Å². The number of hydrogen-bond donors (Lipinski definition) is 3. The van der Waals surface area contributed by atoms with Gasteiger partial charge in [0.25, 0.3) is 5.91 Å². The van der Waals surface area contributed by atoms with Gasteiger partial charge in [0.2, 0.25) is 0 Å². The van der Waals surface area contributed by atoms with Crippen LogP contribution in [0.25, 0.3) is 11.0 Å². The number of carboxylic acids is 1. The summed E-state index contributed by atoms with van der Waals surface area (Å²) in [5, 5.41) is 13.4. The second-order valence-corrected chi connectivity index (χ2v) is 11.1. The van der Waals surface area contributed by atoms with E-state index < -0.39 is 5.97 Å². The normalized spacial score (nSPS) is 12.5. The lowest BCUT2D eigenvalue weighted by molar-refractivity contribution is 0.0690. The lowest BCUT2D eigenvalue weighted by Crippen LogP contribution is -2.32. The van der Waals surface area contributed by atoms with Gasteiger partial charge in [-0.1, -0.05) is 24.3 Å². The fraction of sp³-hybridized carbons (Fsp3) is 0.212. The first kappa shape index (κ1) is 30.5. The third-order valence-electron chi connectivity index (χ3n) is 7.30. The fourth-order valence-corrected chi connectivity index (χ4v) is 5.64. The van der Waals surface area contributed by atoms with Crippen molar-refractivity contribution >= 4 is 45.6 Å². The number of fused-ring (bicyclic) bond motifs is 2. The van der Waals surface area contributed by atoms with Crippen molar-refractivity contribution < 1.29 is 24.2 Å². The van der Waals surface area contributed by atoms with Crippen LogP contribution in [0.2, 0.25) is 0 Å². The number of anilines is 2. The van der Waals surface area contributed by atoms with Crippen LogP contribution < -0.4 is 20.5 Å². The third-order valence-corrected chi connectivity index (χ3v) is 8.22. The number of carboxylic acid groups (broad SMARTS) is 1. The molecule has 0 unspecified atom stereocenters. The van der Waals surface area contributed by atoms with E-state index in [0.29, 0.717) is 21.6 Å².